The van der Waals surface area contributed by atoms with Crippen LogP contribution in [0.3, 0.4) is 0 Å². The molecule has 1 N–H and O–H groups in total. The molecule has 2 aliphatic rings. The maximum Gasteiger partial charge on any atom is 0.313 e. The molecule has 1 unspecified atom stereocenters. The third-order valence-corrected chi connectivity index (χ3v) is 4.04. The fourth-order valence-electron chi connectivity index (χ4n) is 2.60. The average molecular weight is 250 g/mol. The highest BCUT2D eigenvalue weighted by Crippen LogP contribution is 2.55. The van der Waals surface area contributed by atoms with Crippen LogP contribution in [0.2, 0.25) is 0 Å². The lowest BCUT2D eigenvalue weighted by Gasteiger charge is -2.29. The zero-order valence-corrected chi connectivity index (χ0v) is 10.8. The second-order valence-electron chi connectivity index (χ2n) is 5.43. The van der Waals surface area contributed by atoms with E-state index in [0.29, 0.717) is 17.3 Å². The largest absolute Gasteiger partial charge is 0.469 e. The van der Waals surface area contributed by atoms with Gasteiger partial charge in [0, 0.05) is 6.54 Å². The minimum absolute atomic E-state index is 0.140. The zero-order chi connectivity index (χ0) is 12.8. The minimum atomic E-state index is -0.299. The Bertz CT molecular complexity index is 478. The number of carbonyl (C=O) groups is 1. The number of fused-ring (bicyclic) bond motifs is 1. The van der Waals surface area contributed by atoms with Crippen molar-refractivity contribution in [3.63, 3.8) is 0 Å². The Balaban J connectivity index is 1.86. The number of ether oxygens (including phenoxy) is 1. The van der Waals surface area contributed by atoms with Crippen LogP contribution in [-0.4, -0.2) is 34.4 Å². The summed E-state index contributed by atoms with van der Waals surface area (Å²) in [6, 6.07) is 0.410. The monoisotopic (exact) mass is 250 g/mol. The topological polar surface area (TPSA) is 69.0 Å². The molecule has 18 heavy (non-hydrogen) atoms. The van der Waals surface area contributed by atoms with Crippen molar-refractivity contribution in [1.82, 2.24) is 14.8 Å². The van der Waals surface area contributed by atoms with Crippen molar-refractivity contribution in [2.45, 2.75) is 38.6 Å². The molecule has 1 aliphatic heterocycles. The van der Waals surface area contributed by atoms with Gasteiger partial charge in [-0.1, -0.05) is 6.92 Å². The van der Waals surface area contributed by atoms with Crippen molar-refractivity contribution in [2.24, 2.45) is 5.41 Å². The van der Waals surface area contributed by atoms with Crippen LogP contribution in [0.5, 0.6) is 0 Å². The number of hydrogen-bond acceptors (Lipinski definition) is 5. The highest BCUT2D eigenvalue weighted by Gasteiger charge is 2.47. The van der Waals surface area contributed by atoms with Gasteiger partial charge in [-0.3, -0.25) is 4.79 Å². The van der Waals surface area contributed by atoms with E-state index >= 15 is 0 Å². The summed E-state index contributed by atoms with van der Waals surface area (Å²) in [6.07, 6.45) is 3.72. The van der Waals surface area contributed by atoms with Gasteiger partial charge in [0.1, 0.15) is 6.42 Å². The number of methoxy groups -OCH3 is 1. The Morgan fingerprint density at radius 1 is 1.61 bits per heavy atom. The second kappa shape index (κ2) is 3.96. The molecular weight excluding hydrogens is 232 g/mol. The predicted octanol–water partition coefficient (Wildman–Crippen LogP) is 1.15. The summed E-state index contributed by atoms with van der Waals surface area (Å²) in [4.78, 5) is 15.6. The Kier molecular flexibility index (Phi) is 2.53. The van der Waals surface area contributed by atoms with Gasteiger partial charge in [0.15, 0.2) is 5.82 Å². The van der Waals surface area contributed by atoms with Crippen LogP contribution in [0.4, 0.5) is 5.95 Å². The van der Waals surface area contributed by atoms with Crippen LogP contribution in [-0.2, 0) is 16.0 Å². The molecule has 1 atom stereocenters. The number of nitrogens with one attached hydrogen (secondary N) is 1. The molecule has 0 amide bonds. The third-order valence-electron chi connectivity index (χ3n) is 4.04. The number of carbonyl (C=O) groups excluding carboxylic acids is 1. The van der Waals surface area contributed by atoms with Gasteiger partial charge < -0.3 is 10.1 Å². The fraction of sp³-hybridized carbons (Fsp3) is 0.750. The molecule has 2 heterocycles. The van der Waals surface area contributed by atoms with E-state index in [2.05, 4.69) is 27.1 Å². The summed E-state index contributed by atoms with van der Waals surface area (Å²) in [5, 5.41) is 7.71. The summed E-state index contributed by atoms with van der Waals surface area (Å²) < 4.78 is 6.61. The number of nitrogens with zero attached hydrogens (tertiary/aromatic N) is 3. The number of hydrogen-bond donors (Lipinski definition) is 1. The first-order valence-corrected chi connectivity index (χ1v) is 6.38. The molecule has 1 saturated carbocycles. The molecule has 3 rings (SSSR count). The molecule has 0 radical (unpaired) electrons. The zero-order valence-electron chi connectivity index (χ0n) is 10.8. The van der Waals surface area contributed by atoms with Crippen LogP contribution in [0.1, 0.15) is 38.1 Å². The van der Waals surface area contributed by atoms with E-state index in [0.717, 1.165) is 18.9 Å². The molecule has 0 aromatic carbocycles. The maximum atomic E-state index is 11.3. The van der Waals surface area contributed by atoms with E-state index in [-0.39, 0.29) is 12.4 Å². The highest BCUT2D eigenvalue weighted by molar-refractivity contribution is 5.71. The number of esters is 1. The van der Waals surface area contributed by atoms with Gasteiger partial charge in [0.25, 0.3) is 0 Å². The highest BCUT2D eigenvalue weighted by atomic mass is 16.5. The summed E-state index contributed by atoms with van der Waals surface area (Å²) in [5.74, 6) is 1.03. The van der Waals surface area contributed by atoms with Crippen molar-refractivity contribution in [3.05, 3.63) is 5.82 Å². The number of aromatic nitrogens is 3. The van der Waals surface area contributed by atoms with Crippen molar-refractivity contribution in [3.8, 4) is 0 Å². The first-order chi connectivity index (χ1) is 8.62. The Hall–Kier alpha value is -1.59. The van der Waals surface area contributed by atoms with Crippen molar-refractivity contribution < 1.29 is 9.53 Å². The van der Waals surface area contributed by atoms with Gasteiger partial charge in [-0.05, 0) is 24.7 Å². The molecule has 0 saturated heterocycles. The molecule has 6 nitrogen and oxygen atoms in total. The molecule has 0 spiro atoms. The van der Waals surface area contributed by atoms with Gasteiger partial charge in [-0.25, -0.2) is 4.68 Å². The first-order valence-electron chi connectivity index (χ1n) is 6.38. The van der Waals surface area contributed by atoms with Crippen LogP contribution in [0.25, 0.3) is 0 Å². The van der Waals surface area contributed by atoms with Gasteiger partial charge in [0.05, 0.1) is 13.2 Å². The molecule has 0 bridgehead atoms. The quantitative estimate of drug-likeness (QED) is 0.815. The van der Waals surface area contributed by atoms with Gasteiger partial charge >= 0.3 is 5.97 Å². The van der Waals surface area contributed by atoms with Crippen molar-refractivity contribution in [1.29, 1.82) is 0 Å². The van der Waals surface area contributed by atoms with Gasteiger partial charge in [-0.15, -0.1) is 0 Å². The predicted molar refractivity (Wildman–Crippen MR) is 65.2 cm³/mol. The second-order valence-corrected chi connectivity index (χ2v) is 5.43. The molecule has 1 aromatic heterocycles. The first kappa shape index (κ1) is 11.5. The summed E-state index contributed by atoms with van der Waals surface area (Å²) in [6.45, 7) is 3.23. The maximum absolute atomic E-state index is 11.3. The summed E-state index contributed by atoms with van der Waals surface area (Å²) >= 11 is 0. The lowest BCUT2D eigenvalue weighted by atomic mass is 9.95. The van der Waals surface area contributed by atoms with Crippen LogP contribution >= 0.6 is 0 Å². The van der Waals surface area contributed by atoms with Crippen molar-refractivity contribution >= 4 is 11.9 Å². The Morgan fingerprint density at radius 3 is 3.06 bits per heavy atom. The average Bonchev–Trinajstić information content (AvgIpc) is 2.97. The fourth-order valence-corrected chi connectivity index (χ4v) is 2.60. The minimum Gasteiger partial charge on any atom is -0.469 e. The smallest absolute Gasteiger partial charge is 0.313 e. The van der Waals surface area contributed by atoms with Gasteiger partial charge in [0.2, 0.25) is 5.95 Å². The molecule has 1 fully saturated rings. The molecular formula is C12H18N4O2. The number of anilines is 1. The summed E-state index contributed by atoms with van der Waals surface area (Å²) in [5.41, 5.74) is 0.368. The van der Waals surface area contributed by atoms with Crippen molar-refractivity contribution in [2.75, 3.05) is 19.0 Å². The molecule has 1 aromatic rings. The van der Waals surface area contributed by atoms with E-state index in [1.165, 1.54) is 20.0 Å². The van der Waals surface area contributed by atoms with Crippen LogP contribution in [0.15, 0.2) is 0 Å². The lowest BCUT2D eigenvalue weighted by Crippen LogP contribution is -2.29. The summed E-state index contributed by atoms with van der Waals surface area (Å²) in [7, 11) is 1.38. The van der Waals surface area contributed by atoms with E-state index in [1.807, 2.05) is 4.68 Å². The van der Waals surface area contributed by atoms with E-state index in [9.17, 15) is 4.79 Å². The molecule has 98 valence electrons. The third kappa shape index (κ3) is 1.85. The number of rotatable bonds is 3. The van der Waals surface area contributed by atoms with E-state index in [4.69, 9.17) is 0 Å². The van der Waals surface area contributed by atoms with Crippen LogP contribution in [0, 0.1) is 5.41 Å². The molecule has 1 aliphatic carbocycles. The normalized spacial score (nSPS) is 24.0. The Morgan fingerprint density at radius 2 is 2.39 bits per heavy atom. The lowest BCUT2D eigenvalue weighted by molar-refractivity contribution is -0.139. The Labute approximate surface area is 106 Å². The standard InChI is InChI=1S/C12H18N4O2/c1-12(4-5-12)8-3-6-13-11-14-9(15-16(8)11)7-10(17)18-2/h8H,3-7H2,1-2H3,(H,13,14,15). The van der Waals surface area contributed by atoms with Gasteiger partial charge in [-0.2, -0.15) is 10.1 Å². The molecule has 6 heteroatoms. The van der Waals surface area contributed by atoms with E-state index in [1.54, 1.807) is 0 Å². The van der Waals surface area contributed by atoms with E-state index < -0.39 is 0 Å². The SMILES string of the molecule is COC(=O)Cc1nc2n(n1)C(C1(C)CC1)CCN2. The van der Waals surface area contributed by atoms with Crippen LogP contribution < -0.4 is 5.32 Å².